The van der Waals surface area contributed by atoms with Gasteiger partial charge in [0.1, 0.15) is 10.8 Å². The first kappa shape index (κ1) is 17.1. The number of hydrogen-bond acceptors (Lipinski definition) is 4. The standard InChI is InChI=1S/C19H16FN3OS/c1-2-25-18-11-10-17(22-23-18)13-6-5-7-14(12-13)21-19(24)15-8-3-4-9-16(15)20/h3-12H,2H2,1H3,(H,21,24). The van der Waals surface area contributed by atoms with Crippen LogP contribution in [0, 0.1) is 5.82 Å². The summed E-state index contributed by atoms with van der Waals surface area (Å²) in [4.78, 5) is 12.2. The summed E-state index contributed by atoms with van der Waals surface area (Å²) < 4.78 is 13.7. The summed E-state index contributed by atoms with van der Waals surface area (Å²) in [7, 11) is 0. The molecular formula is C19H16FN3OS. The van der Waals surface area contributed by atoms with E-state index in [1.807, 2.05) is 24.3 Å². The minimum absolute atomic E-state index is 0.00800. The highest BCUT2D eigenvalue weighted by atomic mass is 32.2. The van der Waals surface area contributed by atoms with Crippen molar-refractivity contribution in [2.45, 2.75) is 11.9 Å². The molecule has 1 aromatic heterocycles. The van der Waals surface area contributed by atoms with Gasteiger partial charge in [0.2, 0.25) is 0 Å². The van der Waals surface area contributed by atoms with Crippen LogP contribution in [0.3, 0.4) is 0 Å². The Morgan fingerprint density at radius 1 is 1.08 bits per heavy atom. The molecule has 1 N–H and O–H groups in total. The lowest BCUT2D eigenvalue weighted by Gasteiger charge is -2.08. The van der Waals surface area contributed by atoms with Gasteiger partial charge in [0.15, 0.2) is 0 Å². The molecule has 0 spiro atoms. The molecule has 0 unspecified atom stereocenters. The van der Waals surface area contributed by atoms with Gasteiger partial charge in [-0.15, -0.1) is 22.0 Å². The molecule has 1 amide bonds. The number of halogens is 1. The van der Waals surface area contributed by atoms with Crippen molar-refractivity contribution in [2.24, 2.45) is 0 Å². The maximum atomic E-state index is 13.7. The molecular weight excluding hydrogens is 337 g/mol. The van der Waals surface area contributed by atoms with Crippen molar-refractivity contribution >= 4 is 23.4 Å². The minimum Gasteiger partial charge on any atom is -0.322 e. The molecule has 0 aliphatic rings. The highest BCUT2D eigenvalue weighted by Crippen LogP contribution is 2.23. The van der Waals surface area contributed by atoms with Gasteiger partial charge in [0.05, 0.1) is 11.3 Å². The fourth-order valence-corrected chi connectivity index (χ4v) is 2.86. The molecule has 0 saturated heterocycles. The van der Waals surface area contributed by atoms with Gasteiger partial charge in [-0.2, -0.15) is 0 Å². The second-order valence-electron chi connectivity index (χ2n) is 5.20. The third-order valence-electron chi connectivity index (χ3n) is 3.47. The highest BCUT2D eigenvalue weighted by Gasteiger charge is 2.11. The largest absolute Gasteiger partial charge is 0.322 e. The Morgan fingerprint density at radius 3 is 2.64 bits per heavy atom. The first-order valence-corrected chi connectivity index (χ1v) is 8.79. The summed E-state index contributed by atoms with van der Waals surface area (Å²) in [5, 5.41) is 12.0. The Balaban J connectivity index is 1.79. The van der Waals surface area contributed by atoms with Crippen LogP contribution in [-0.2, 0) is 0 Å². The molecule has 4 nitrogen and oxygen atoms in total. The number of amides is 1. The number of nitrogens with zero attached hydrogens (tertiary/aromatic N) is 2. The molecule has 0 aliphatic carbocycles. The molecule has 0 fully saturated rings. The third-order valence-corrected chi connectivity index (χ3v) is 4.27. The predicted molar refractivity (Wildman–Crippen MR) is 98.2 cm³/mol. The van der Waals surface area contributed by atoms with Crippen molar-refractivity contribution in [2.75, 3.05) is 11.1 Å². The fraction of sp³-hybridized carbons (Fsp3) is 0.105. The quantitative estimate of drug-likeness (QED) is 0.679. The van der Waals surface area contributed by atoms with Gasteiger partial charge >= 0.3 is 0 Å². The van der Waals surface area contributed by atoms with Gasteiger partial charge < -0.3 is 5.32 Å². The molecule has 2 aromatic carbocycles. The lowest BCUT2D eigenvalue weighted by Crippen LogP contribution is -2.13. The smallest absolute Gasteiger partial charge is 0.258 e. The van der Waals surface area contributed by atoms with Crippen LogP contribution in [0.4, 0.5) is 10.1 Å². The molecule has 3 aromatic rings. The van der Waals surface area contributed by atoms with E-state index in [1.54, 1.807) is 36.0 Å². The molecule has 0 bridgehead atoms. The number of benzene rings is 2. The first-order valence-electron chi connectivity index (χ1n) is 7.80. The van der Waals surface area contributed by atoms with E-state index in [-0.39, 0.29) is 5.56 Å². The summed E-state index contributed by atoms with van der Waals surface area (Å²) in [5.74, 6) is -0.104. The van der Waals surface area contributed by atoms with Crippen molar-refractivity contribution in [3.05, 3.63) is 72.0 Å². The van der Waals surface area contributed by atoms with E-state index in [2.05, 4.69) is 22.4 Å². The van der Waals surface area contributed by atoms with Gasteiger partial charge in [0, 0.05) is 11.3 Å². The number of thioether (sulfide) groups is 1. The van der Waals surface area contributed by atoms with Crippen molar-refractivity contribution in [3.63, 3.8) is 0 Å². The molecule has 0 saturated carbocycles. The zero-order chi connectivity index (χ0) is 17.6. The van der Waals surface area contributed by atoms with Crippen LogP contribution in [0.1, 0.15) is 17.3 Å². The number of rotatable bonds is 5. The fourth-order valence-electron chi connectivity index (χ4n) is 2.30. The second-order valence-corrected chi connectivity index (χ2v) is 6.49. The lowest BCUT2D eigenvalue weighted by atomic mass is 10.1. The molecule has 25 heavy (non-hydrogen) atoms. The number of anilines is 1. The van der Waals surface area contributed by atoms with E-state index in [0.29, 0.717) is 11.4 Å². The Labute approximate surface area is 149 Å². The minimum atomic E-state index is -0.550. The van der Waals surface area contributed by atoms with E-state index in [4.69, 9.17) is 0 Å². The maximum absolute atomic E-state index is 13.7. The summed E-state index contributed by atoms with van der Waals surface area (Å²) in [6.07, 6.45) is 0. The number of aromatic nitrogens is 2. The van der Waals surface area contributed by atoms with E-state index >= 15 is 0 Å². The molecule has 126 valence electrons. The Bertz CT molecular complexity index is 884. The van der Waals surface area contributed by atoms with E-state index in [1.165, 1.54) is 12.1 Å². The second kappa shape index (κ2) is 7.90. The molecule has 3 rings (SSSR count). The van der Waals surface area contributed by atoms with Crippen LogP contribution < -0.4 is 5.32 Å². The van der Waals surface area contributed by atoms with Gasteiger partial charge in [0.25, 0.3) is 5.91 Å². The molecule has 0 atom stereocenters. The first-order chi connectivity index (χ1) is 12.2. The maximum Gasteiger partial charge on any atom is 0.258 e. The molecule has 1 heterocycles. The van der Waals surface area contributed by atoms with E-state index < -0.39 is 11.7 Å². The zero-order valence-corrected chi connectivity index (χ0v) is 14.4. The Morgan fingerprint density at radius 2 is 1.92 bits per heavy atom. The normalized spacial score (nSPS) is 10.5. The SMILES string of the molecule is CCSc1ccc(-c2cccc(NC(=O)c3ccccc3F)c2)nn1. The number of carbonyl (C=O) groups excluding carboxylic acids is 1. The van der Waals surface area contributed by atoms with Crippen molar-refractivity contribution in [1.29, 1.82) is 0 Å². The Kier molecular flexibility index (Phi) is 5.40. The zero-order valence-electron chi connectivity index (χ0n) is 13.6. The monoisotopic (exact) mass is 353 g/mol. The van der Waals surface area contributed by atoms with Crippen molar-refractivity contribution in [3.8, 4) is 11.3 Å². The van der Waals surface area contributed by atoms with Crippen LogP contribution in [0.5, 0.6) is 0 Å². The Hall–Kier alpha value is -2.73. The predicted octanol–water partition coefficient (Wildman–Crippen LogP) is 4.65. The topological polar surface area (TPSA) is 54.9 Å². The van der Waals surface area contributed by atoms with Gasteiger partial charge in [-0.1, -0.05) is 31.2 Å². The van der Waals surface area contributed by atoms with Crippen LogP contribution in [0.2, 0.25) is 0 Å². The number of nitrogens with one attached hydrogen (secondary N) is 1. The van der Waals surface area contributed by atoms with Gasteiger partial charge in [-0.3, -0.25) is 4.79 Å². The van der Waals surface area contributed by atoms with Gasteiger partial charge in [-0.05, 0) is 42.2 Å². The lowest BCUT2D eigenvalue weighted by molar-refractivity contribution is 0.102. The summed E-state index contributed by atoms with van der Waals surface area (Å²) in [6, 6.07) is 16.9. The number of carbonyl (C=O) groups is 1. The summed E-state index contributed by atoms with van der Waals surface area (Å²) >= 11 is 1.62. The highest BCUT2D eigenvalue weighted by molar-refractivity contribution is 7.99. The third kappa shape index (κ3) is 4.22. The molecule has 0 aliphatic heterocycles. The van der Waals surface area contributed by atoms with Crippen molar-refractivity contribution in [1.82, 2.24) is 10.2 Å². The van der Waals surface area contributed by atoms with E-state index in [0.717, 1.165) is 16.3 Å². The summed E-state index contributed by atoms with van der Waals surface area (Å²) in [5.41, 5.74) is 2.11. The molecule has 0 radical (unpaired) electrons. The van der Waals surface area contributed by atoms with Crippen LogP contribution in [-0.4, -0.2) is 21.9 Å². The summed E-state index contributed by atoms with van der Waals surface area (Å²) in [6.45, 7) is 2.06. The van der Waals surface area contributed by atoms with Crippen LogP contribution in [0.15, 0.2) is 65.7 Å². The number of hydrogen-bond donors (Lipinski definition) is 1. The molecule has 6 heteroatoms. The average molecular weight is 353 g/mol. The van der Waals surface area contributed by atoms with Crippen LogP contribution in [0.25, 0.3) is 11.3 Å². The van der Waals surface area contributed by atoms with Crippen molar-refractivity contribution < 1.29 is 9.18 Å². The van der Waals surface area contributed by atoms with E-state index in [9.17, 15) is 9.18 Å². The van der Waals surface area contributed by atoms with Crippen LogP contribution >= 0.6 is 11.8 Å². The van der Waals surface area contributed by atoms with Gasteiger partial charge in [-0.25, -0.2) is 4.39 Å². The average Bonchev–Trinajstić information content (AvgIpc) is 2.63.